The number of hydrogen-bond acceptors (Lipinski definition) is 4. The van der Waals surface area contributed by atoms with E-state index in [4.69, 9.17) is 16.9 Å². The van der Waals surface area contributed by atoms with Crippen LogP contribution in [0.15, 0.2) is 23.2 Å². The Kier molecular flexibility index (Phi) is 4.94. The number of rotatable bonds is 2. The van der Waals surface area contributed by atoms with Crippen LogP contribution >= 0.6 is 23.4 Å². The number of amidine groups is 1. The highest BCUT2D eigenvalue weighted by Gasteiger charge is 2.16. The second-order valence-corrected chi connectivity index (χ2v) is 5.42. The van der Waals surface area contributed by atoms with Gasteiger partial charge in [0.2, 0.25) is 0 Å². The molecule has 0 saturated carbocycles. The Labute approximate surface area is 122 Å². The summed E-state index contributed by atoms with van der Waals surface area (Å²) in [6.07, 6.45) is 6.18. The zero-order valence-electron chi connectivity index (χ0n) is 10.7. The van der Waals surface area contributed by atoms with Gasteiger partial charge >= 0.3 is 0 Å². The number of nitriles is 1. The summed E-state index contributed by atoms with van der Waals surface area (Å²) in [5, 5.41) is 12.5. The highest BCUT2D eigenvalue weighted by atomic mass is 35.5. The quantitative estimate of drug-likeness (QED) is 0.393. The van der Waals surface area contributed by atoms with Gasteiger partial charge in [-0.25, -0.2) is 4.99 Å². The maximum Gasteiger partial charge on any atom is 0.183 e. The predicted molar refractivity (Wildman–Crippen MR) is 82.3 cm³/mol. The van der Waals surface area contributed by atoms with Crippen molar-refractivity contribution in [3.8, 4) is 6.19 Å². The molecule has 0 aliphatic carbocycles. The molecule has 1 aliphatic rings. The van der Waals surface area contributed by atoms with Crippen molar-refractivity contribution in [2.24, 2.45) is 4.99 Å². The molecule has 0 radical (unpaired) electrons. The molecular weight excluding hydrogens is 280 g/mol. The summed E-state index contributed by atoms with van der Waals surface area (Å²) in [4.78, 5) is 6.80. The van der Waals surface area contributed by atoms with Crippen LogP contribution in [0.5, 0.6) is 0 Å². The van der Waals surface area contributed by atoms with E-state index in [-0.39, 0.29) is 0 Å². The zero-order valence-corrected chi connectivity index (χ0v) is 12.3. The van der Waals surface area contributed by atoms with E-state index >= 15 is 0 Å². The van der Waals surface area contributed by atoms with Crippen molar-refractivity contribution < 1.29 is 0 Å². The fourth-order valence-electron chi connectivity index (χ4n) is 2.09. The fourth-order valence-corrected chi connectivity index (χ4v) is 2.60. The molecule has 100 valence electrons. The van der Waals surface area contributed by atoms with Crippen LogP contribution in [0.25, 0.3) is 0 Å². The number of hydrogen-bond donors (Lipinski definition) is 1. The van der Waals surface area contributed by atoms with Gasteiger partial charge in [0, 0.05) is 18.1 Å². The molecule has 1 fully saturated rings. The molecule has 0 spiro atoms. The van der Waals surface area contributed by atoms with Gasteiger partial charge in [0.15, 0.2) is 11.4 Å². The van der Waals surface area contributed by atoms with Gasteiger partial charge in [0.1, 0.15) is 0 Å². The average molecular weight is 295 g/mol. The first-order valence-corrected chi connectivity index (χ1v) is 7.67. The van der Waals surface area contributed by atoms with E-state index < -0.39 is 0 Å². The lowest BCUT2D eigenvalue weighted by atomic mass is 10.2. The highest BCUT2D eigenvalue weighted by Crippen LogP contribution is 2.34. The van der Waals surface area contributed by atoms with Gasteiger partial charge in [-0.2, -0.15) is 5.26 Å². The molecule has 2 rings (SSSR count). The Morgan fingerprint density at radius 1 is 1.47 bits per heavy atom. The minimum absolute atomic E-state index is 0.574. The van der Waals surface area contributed by atoms with E-state index in [2.05, 4.69) is 15.2 Å². The summed E-state index contributed by atoms with van der Waals surface area (Å²) in [6.45, 7) is 2.09. The summed E-state index contributed by atoms with van der Waals surface area (Å²) in [6, 6.07) is 5.71. The van der Waals surface area contributed by atoms with Crippen LogP contribution in [0, 0.1) is 11.5 Å². The first kappa shape index (κ1) is 14.0. The normalized spacial score (nSPS) is 15.4. The molecule has 0 unspecified atom stereocenters. The summed E-state index contributed by atoms with van der Waals surface area (Å²) in [5.74, 6) is 0. The zero-order chi connectivity index (χ0) is 13.7. The third-order valence-electron chi connectivity index (χ3n) is 2.96. The molecule has 0 aromatic heterocycles. The van der Waals surface area contributed by atoms with E-state index in [1.807, 2.05) is 30.6 Å². The molecule has 1 aromatic rings. The number of halogens is 1. The lowest BCUT2D eigenvalue weighted by Crippen LogP contribution is -2.18. The first-order chi connectivity index (χ1) is 9.24. The Hall–Kier alpha value is -1.38. The largest absolute Gasteiger partial charge is 0.370 e. The second kappa shape index (κ2) is 6.69. The van der Waals surface area contributed by atoms with Crippen molar-refractivity contribution in [2.45, 2.75) is 12.8 Å². The van der Waals surface area contributed by atoms with Crippen molar-refractivity contribution in [3.63, 3.8) is 0 Å². The molecule has 0 amide bonds. The minimum atomic E-state index is 0.574. The van der Waals surface area contributed by atoms with Crippen LogP contribution in [0.3, 0.4) is 0 Å². The van der Waals surface area contributed by atoms with E-state index in [1.165, 1.54) is 24.6 Å². The van der Waals surface area contributed by atoms with Crippen LogP contribution < -0.4 is 10.2 Å². The molecule has 1 heterocycles. The van der Waals surface area contributed by atoms with Crippen molar-refractivity contribution in [1.29, 1.82) is 5.26 Å². The molecule has 4 nitrogen and oxygen atoms in total. The van der Waals surface area contributed by atoms with Gasteiger partial charge in [-0.3, -0.25) is 5.32 Å². The topological polar surface area (TPSA) is 51.4 Å². The third-order valence-corrected chi connectivity index (χ3v) is 3.78. The lowest BCUT2D eigenvalue weighted by Gasteiger charge is -2.20. The summed E-state index contributed by atoms with van der Waals surface area (Å²) in [5.41, 5.74) is 1.88. The van der Waals surface area contributed by atoms with Crippen molar-refractivity contribution in [2.75, 3.05) is 24.2 Å². The smallest absolute Gasteiger partial charge is 0.183 e. The van der Waals surface area contributed by atoms with Crippen molar-refractivity contribution in [1.82, 2.24) is 5.32 Å². The maximum atomic E-state index is 8.69. The molecule has 1 saturated heterocycles. The fraction of sp³-hybridized carbons (Fsp3) is 0.385. The monoisotopic (exact) mass is 294 g/mol. The van der Waals surface area contributed by atoms with Crippen LogP contribution in [0.2, 0.25) is 5.02 Å². The summed E-state index contributed by atoms with van der Waals surface area (Å²) < 4.78 is 0. The van der Waals surface area contributed by atoms with Gasteiger partial charge in [-0.1, -0.05) is 23.4 Å². The van der Waals surface area contributed by atoms with Gasteiger partial charge < -0.3 is 4.90 Å². The van der Waals surface area contributed by atoms with Crippen molar-refractivity contribution >= 4 is 39.9 Å². The molecule has 6 heteroatoms. The van der Waals surface area contributed by atoms with Gasteiger partial charge in [-0.05, 0) is 37.3 Å². The Morgan fingerprint density at radius 2 is 2.21 bits per heavy atom. The molecule has 1 aliphatic heterocycles. The number of aliphatic imine (C=N–C) groups is 1. The van der Waals surface area contributed by atoms with Crippen LogP contribution in [0.1, 0.15) is 12.8 Å². The van der Waals surface area contributed by atoms with Crippen LogP contribution in [-0.2, 0) is 0 Å². The standard InChI is InChI=1S/C13H15ClN4S/c1-19-13(16-9-15)17-11-8-10(14)4-5-12(11)18-6-2-3-7-18/h4-5,8H,2-3,6-7H2,1H3,(H,16,17). The number of anilines is 1. The number of thioether (sulfide) groups is 1. The Bertz CT molecular complexity index is 518. The van der Waals surface area contributed by atoms with Gasteiger partial charge in [0.25, 0.3) is 0 Å². The molecule has 1 aromatic carbocycles. The molecule has 19 heavy (non-hydrogen) atoms. The van der Waals surface area contributed by atoms with E-state index in [1.54, 1.807) is 0 Å². The summed E-state index contributed by atoms with van der Waals surface area (Å²) in [7, 11) is 0. The molecule has 0 atom stereocenters. The van der Waals surface area contributed by atoms with Gasteiger partial charge in [-0.15, -0.1) is 0 Å². The third kappa shape index (κ3) is 3.55. The summed E-state index contributed by atoms with van der Waals surface area (Å²) >= 11 is 7.45. The average Bonchev–Trinajstić information content (AvgIpc) is 2.92. The Morgan fingerprint density at radius 3 is 2.84 bits per heavy atom. The SMILES string of the molecule is CSC(=Nc1cc(Cl)ccc1N1CCCC1)NC#N. The maximum absolute atomic E-state index is 8.69. The predicted octanol–water partition coefficient (Wildman–Crippen LogP) is 3.36. The number of benzene rings is 1. The van der Waals surface area contributed by atoms with Crippen molar-refractivity contribution in [3.05, 3.63) is 23.2 Å². The lowest BCUT2D eigenvalue weighted by molar-refractivity contribution is 0.949. The van der Waals surface area contributed by atoms with E-state index in [0.29, 0.717) is 10.2 Å². The highest BCUT2D eigenvalue weighted by molar-refractivity contribution is 8.13. The van der Waals surface area contributed by atoms with Crippen LogP contribution in [-0.4, -0.2) is 24.5 Å². The molecular formula is C13H15ClN4S. The Balaban J connectivity index is 2.36. The second-order valence-electron chi connectivity index (χ2n) is 4.19. The van der Waals surface area contributed by atoms with E-state index in [0.717, 1.165) is 24.5 Å². The molecule has 1 N–H and O–H groups in total. The number of nitrogens with zero attached hydrogens (tertiary/aromatic N) is 3. The molecule has 0 bridgehead atoms. The van der Waals surface area contributed by atoms with Crippen LogP contribution in [0.4, 0.5) is 11.4 Å². The number of nitrogens with one attached hydrogen (secondary N) is 1. The van der Waals surface area contributed by atoms with Gasteiger partial charge in [0.05, 0.1) is 11.4 Å². The minimum Gasteiger partial charge on any atom is -0.370 e. The first-order valence-electron chi connectivity index (χ1n) is 6.07. The van der Waals surface area contributed by atoms with E-state index in [9.17, 15) is 0 Å².